The largest absolute Gasteiger partial charge is 0.369 e. The van der Waals surface area contributed by atoms with E-state index in [1.165, 1.54) is 16.9 Å². The van der Waals surface area contributed by atoms with E-state index in [1.54, 1.807) is 17.0 Å². The Bertz CT molecular complexity index is 1190. The molecule has 1 fully saturated rings. The zero-order chi connectivity index (χ0) is 24.2. The first-order valence-corrected chi connectivity index (χ1v) is 12.6. The molecule has 1 aliphatic heterocycles. The molecule has 4 rings (SSSR count). The van der Waals surface area contributed by atoms with E-state index in [1.807, 2.05) is 25.1 Å². The Labute approximate surface area is 208 Å². The highest BCUT2D eigenvalue weighted by Gasteiger charge is 2.30. The van der Waals surface area contributed by atoms with E-state index < -0.39 is 0 Å². The number of rotatable bonds is 9. The van der Waals surface area contributed by atoms with Crippen molar-refractivity contribution in [2.45, 2.75) is 33.2 Å². The predicted octanol–water partition coefficient (Wildman–Crippen LogP) is 4.53. The Balaban J connectivity index is 1.52. The fourth-order valence-electron chi connectivity index (χ4n) is 4.01. The molecule has 0 aliphatic carbocycles. The summed E-state index contributed by atoms with van der Waals surface area (Å²) < 4.78 is 0. The second kappa shape index (κ2) is 10.6. The monoisotopic (exact) mass is 497 g/mol. The van der Waals surface area contributed by atoms with Crippen molar-refractivity contribution in [1.29, 1.82) is 0 Å². The SMILES string of the molecule is CCCCN(C(=O)c1ccccc1Cl)c1nnc(-c2ccc(CN3CC(C(N)=O)C3)cc2C)s1. The summed E-state index contributed by atoms with van der Waals surface area (Å²) in [6.45, 7) is 6.89. The van der Waals surface area contributed by atoms with Gasteiger partial charge < -0.3 is 5.73 Å². The summed E-state index contributed by atoms with van der Waals surface area (Å²) in [6, 6.07) is 13.3. The first-order valence-electron chi connectivity index (χ1n) is 11.4. The second-order valence-corrected chi connectivity index (χ2v) is 9.99. The highest BCUT2D eigenvalue weighted by Crippen LogP contribution is 2.33. The molecule has 2 N–H and O–H groups in total. The topological polar surface area (TPSA) is 92.4 Å². The van der Waals surface area contributed by atoms with Crippen LogP contribution in [0, 0.1) is 12.8 Å². The molecule has 0 atom stereocenters. The summed E-state index contributed by atoms with van der Waals surface area (Å²) >= 11 is 7.69. The van der Waals surface area contributed by atoms with Gasteiger partial charge >= 0.3 is 0 Å². The average Bonchev–Trinajstić information content (AvgIpc) is 3.25. The number of likely N-dealkylation sites (tertiary alicyclic amines) is 1. The maximum Gasteiger partial charge on any atom is 0.261 e. The standard InChI is InChI=1S/C25H28ClN5O2S/c1-3-4-11-31(24(33)20-7-5-6-8-21(20)26)25-29-28-23(34-25)19-10-9-17(12-16(19)2)13-30-14-18(15-30)22(27)32/h5-10,12,18H,3-4,11,13-15H2,1-2H3,(H2,27,32). The van der Waals surface area contributed by atoms with E-state index in [9.17, 15) is 9.59 Å². The number of halogens is 1. The number of aromatic nitrogens is 2. The van der Waals surface area contributed by atoms with Crippen molar-refractivity contribution in [1.82, 2.24) is 15.1 Å². The van der Waals surface area contributed by atoms with E-state index in [4.69, 9.17) is 17.3 Å². The molecule has 178 valence electrons. The van der Waals surface area contributed by atoms with Crippen LogP contribution in [-0.4, -0.2) is 46.5 Å². The fourth-order valence-corrected chi connectivity index (χ4v) is 5.19. The molecular formula is C25H28ClN5O2S. The minimum absolute atomic E-state index is 0.0377. The number of hydrogen-bond donors (Lipinski definition) is 1. The molecule has 0 bridgehead atoms. The van der Waals surface area contributed by atoms with Crippen LogP contribution in [-0.2, 0) is 11.3 Å². The van der Waals surface area contributed by atoms with Crippen molar-refractivity contribution in [3.05, 3.63) is 64.2 Å². The van der Waals surface area contributed by atoms with Gasteiger partial charge in [-0.05, 0) is 36.6 Å². The fraction of sp³-hybridized carbons (Fsp3) is 0.360. The minimum atomic E-state index is -0.226. The van der Waals surface area contributed by atoms with E-state index in [-0.39, 0.29) is 17.7 Å². The smallest absolute Gasteiger partial charge is 0.261 e. The van der Waals surface area contributed by atoms with Crippen molar-refractivity contribution in [3.8, 4) is 10.6 Å². The molecule has 1 aromatic heterocycles. The third kappa shape index (κ3) is 5.29. The van der Waals surface area contributed by atoms with Gasteiger partial charge in [0.25, 0.3) is 5.91 Å². The van der Waals surface area contributed by atoms with Gasteiger partial charge in [-0.15, -0.1) is 10.2 Å². The van der Waals surface area contributed by atoms with Crippen molar-refractivity contribution in [2.75, 3.05) is 24.5 Å². The highest BCUT2D eigenvalue weighted by atomic mass is 35.5. The molecule has 0 saturated carbocycles. The van der Waals surface area contributed by atoms with Crippen LogP contribution in [0.4, 0.5) is 5.13 Å². The Kier molecular flexibility index (Phi) is 7.60. The molecule has 1 aliphatic rings. The van der Waals surface area contributed by atoms with Crippen LogP contribution >= 0.6 is 22.9 Å². The van der Waals surface area contributed by atoms with Crippen LogP contribution in [0.3, 0.4) is 0 Å². The lowest BCUT2D eigenvalue weighted by atomic mass is 9.98. The second-order valence-electron chi connectivity index (χ2n) is 8.62. The number of unbranched alkanes of at least 4 members (excludes halogenated alkanes) is 1. The summed E-state index contributed by atoms with van der Waals surface area (Å²) in [6.07, 6.45) is 1.81. The van der Waals surface area contributed by atoms with Gasteiger partial charge in [0.05, 0.1) is 16.5 Å². The van der Waals surface area contributed by atoms with Gasteiger partial charge in [0.15, 0.2) is 0 Å². The van der Waals surface area contributed by atoms with Crippen LogP contribution < -0.4 is 10.6 Å². The molecule has 0 unspecified atom stereocenters. The summed E-state index contributed by atoms with van der Waals surface area (Å²) in [5, 5.41) is 10.5. The lowest BCUT2D eigenvalue weighted by Crippen LogP contribution is -2.51. The predicted molar refractivity (Wildman–Crippen MR) is 136 cm³/mol. The normalized spacial score (nSPS) is 14.1. The molecule has 9 heteroatoms. The van der Waals surface area contributed by atoms with Crippen molar-refractivity contribution in [2.24, 2.45) is 11.7 Å². The van der Waals surface area contributed by atoms with Gasteiger partial charge in [-0.2, -0.15) is 0 Å². The molecule has 7 nitrogen and oxygen atoms in total. The zero-order valence-electron chi connectivity index (χ0n) is 19.3. The third-order valence-electron chi connectivity index (χ3n) is 6.02. The van der Waals surface area contributed by atoms with E-state index in [2.05, 4.69) is 34.2 Å². The first kappa shape index (κ1) is 24.3. The van der Waals surface area contributed by atoms with Crippen molar-refractivity contribution >= 4 is 39.9 Å². The van der Waals surface area contributed by atoms with Gasteiger partial charge in [-0.3, -0.25) is 19.4 Å². The molecule has 0 spiro atoms. The van der Waals surface area contributed by atoms with Crippen molar-refractivity contribution < 1.29 is 9.59 Å². The Hall–Kier alpha value is -2.81. The van der Waals surface area contributed by atoms with Crippen LogP contribution in [0.25, 0.3) is 10.6 Å². The average molecular weight is 498 g/mol. The quantitative estimate of drug-likeness (QED) is 0.469. The molecule has 2 amide bonds. The Morgan fingerprint density at radius 2 is 1.97 bits per heavy atom. The van der Waals surface area contributed by atoms with Crippen LogP contribution in [0.1, 0.15) is 41.3 Å². The Morgan fingerprint density at radius 1 is 1.21 bits per heavy atom. The third-order valence-corrected chi connectivity index (χ3v) is 7.33. The maximum absolute atomic E-state index is 13.3. The lowest BCUT2D eigenvalue weighted by molar-refractivity contribution is -0.127. The van der Waals surface area contributed by atoms with Gasteiger partial charge in [0, 0.05) is 31.7 Å². The number of anilines is 1. The molecule has 0 radical (unpaired) electrons. The summed E-state index contributed by atoms with van der Waals surface area (Å²) in [7, 11) is 0. The first-order chi connectivity index (χ1) is 16.4. The van der Waals surface area contributed by atoms with E-state index in [0.717, 1.165) is 35.5 Å². The molecule has 34 heavy (non-hydrogen) atoms. The zero-order valence-corrected chi connectivity index (χ0v) is 20.9. The number of aryl methyl sites for hydroxylation is 1. The number of hydrogen-bond acceptors (Lipinski definition) is 6. The number of nitrogens with two attached hydrogens (primary N) is 1. The van der Waals surface area contributed by atoms with Gasteiger partial charge in [0.1, 0.15) is 5.01 Å². The van der Waals surface area contributed by atoms with Crippen molar-refractivity contribution in [3.63, 3.8) is 0 Å². The highest BCUT2D eigenvalue weighted by molar-refractivity contribution is 7.18. The Morgan fingerprint density at radius 3 is 2.65 bits per heavy atom. The molecule has 2 aromatic carbocycles. The summed E-state index contributed by atoms with van der Waals surface area (Å²) in [5.41, 5.74) is 9.08. The summed E-state index contributed by atoms with van der Waals surface area (Å²) in [5.74, 6) is -0.433. The molecule has 2 heterocycles. The molecular weight excluding hydrogens is 470 g/mol. The number of amides is 2. The van der Waals surface area contributed by atoms with Gasteiger partial charge in [0.2, 0.25) is 11.0 Å². The van der Waals surface area contributed by atoms with Crippen LogP contribution in [0.2, 0.25) is 5.02 Å². The number of carbonyl (C=O) groups is 2. The number of nitrogens with zero attached hydrogens (tertiary/aromatic N) is 4. The minimum Gasteiger partial charge on any atom is -0.369 e. The van der Waals surface area contributed by atoms with Gasteiger partial charge in [-0.25, -0.2) is 0 Å². The summed E-state index contributed by atoms with van der Waals surface area (Å²) in [4.78, 5) is 28.4. The number of benzene rings is 2. The molecule has 1 saturated heterocycles. The number of primary amides is 1. The lowest BCUT2D eigenvalue weighted by Gasteiger charge is -2.37. The van der Waals surface area contributed by atoms with E-state index >= 15 is 0 Å². The van der Waals surface area contributed by atoms with Crippen LogP contribution in [0.5, 0.6) is 0 Å². The van der Waals surface area contributed by atoms with Gasteiger partial charge in [-0.1, -0.05) is 66.6 Å². The number of carbonyl (C=O) groups excluding carboxylic acids is 2. The molecule has 3 aromatic rings. The van der Waals surface area contributed by atoms with E-state index in [0.29, 0.717) is 35.4 Å². The van der Waals surface area contributed by atoms with Crippen LogP contribution in [0.15, 0.2) is 42.5 Å². The maximum atomic E-state index is 13.3.